The first-order valence-corrected chi connectivity index (χ1v) is 6.54. The Bertz CT molecular complexity index is 339. The van der Waals surface area contributed by atoms with Crippen molar-refractivity contribution in [3.63, 3.8) is 0 Å². The Morgan fingerprint density at radius 3 is 2.88 bits per heavy atom. The molecule has 2 unspecified atom stereocenters. The molecule has 1 saturated heterocycles. The zero-order valence-corrected chi connectivity index (χ0v) is 10.5. The first-order valence-electron chi connectivity index (χ1n) is 5.66. The number of pyridine rings is 1. The number of thioether (sulfide) groups is 1. The maximum atomic E-state index is 5.76. The number of ether oxygens (including phenoxy) is 1. The third-order valence-corrected chi connectivity index (χ3v) is 4.26. The van der Waals surface area contributed by atoms with E-state index in [-0.39, 0.29) is 6.04 Å². The largest absolute Gasteiger partial charge is 0.377 e. The predicted molar refractivity (Wildman–Crippen MR) is 66.5 cm³/mol. The van der Waals surface area contributed by atoms with Crippen LogP contribution in [0.3, 0.4) is 0 Å². The summed E-state index contributed by atoms with van der Waals surface area (Å²) in [6.45, 7) is 4.96. The quantitative estimate of drug-likeness (QED) is 0.878. The van der Waals surface area contributed by atoms with Crippen LogP contribution >= 0.6 is 11.8 Å². The van der Waals surface area contributed by atoms with Crippen LogP contribution in [0.2, 0.25) is 0 Å². The monoisotopic (exact) mass is 238 g/mol. The third kappa shape index (κ3) is 2.75. The van der Waals surface area contributed by atoms with Crippen molar-refractivity contribution in [1.29, 1.82) is 0 Å². The first kappa shape index (κ1) is 11.9. The smallest absolute Gasteiger partial charge is 0.0669 e. The molecular formula is C12H18N2OS. The molecule has 1 fully saturated rings. The second-order valence-electron chi connectivity index (χ2n) is 4.23. The molecule has 1 aliphatic heterocycles. The van der Waals surface area contributed by atoms with Crippen LogP contribution in [0.4, 0.5) is 0 Å². The summed E-state index contributed by atoms with van der Waals surface area (Å²) in [6.07, 6.45) is 3.38. The van der Waals surface area contributed by atoms with Gasteiger partial charge in [-0.05, 0) is 32.4 Å². The van der Waals surface area contributed by atoms with Crippen molar-refractivity contribution in [3.8, 4) is 0 Å². The van der Waals surface area contributed by atoms with Crippen LogP contribution in [-0.4, -0.2) is 22.9 Å². The normalized spacial score (nSPS) is 26.9. The van der Waals surface area contributed by atoms with E-state index in [0.29, 0.717) is 11.4 Å². The average molecular weight is 238 g/mol. The Morgan fingerprint density at radius 2 is 2.38 bits per heavy atom. The molecule has 3 nitrogen and oxygen atoms in total. The van der Waals surface area contributed by atoms with Gasteiger partial charge in [-0.15, -0.1) is 11.8 Å². The van der Waals surface area contributed by atoms with Gasteiger partial charge < -0.3 is 10.5 Å². The summed E-state index contributed by atoms with van der Waals surface area (Å²) < 4.78 is 5.54. The maximum absolute atomic E-state index is 5.76. The van der Waals surface area contributed by atoms with Crippen molar-refractivity contribution in [2.75, 3.05) is 6.61 Å². The molecule has 2 rings (SSSR count). The number of nitrogens with two attached hydrogens (primary N) is 1. The summed E-state index contributed by atoms with van der Waals surface area (Å²) in [7, 11) is 0. The van der Waals surface area contributed by atoms with Gasteiger partial charge in [-0.3, -0.25) is 4.98 Å². The van der Waals surface area contributed by atoms with Crippen LogP contribution in [0.1, 0.15) is 32.0 Å². The molecule has 0 radical (unpaired) electrons. The van der Waals surface area contributed by atoms with E-state index in [1.165, 1.54) is 4.90 Å². The fourth-order valence-electron chi connectivity index (χ4n) is 1.77. The summed E-state index contributed by atoms with van der Waals surface area (Å²) in [5.41, 5.74) is 6.70. The van der Waals surface area contributed by atoms with Gasteiger partial charge in [0.1, 0.15) is 0 Å². The lowest BCUT2D eigenvalue weighted by Gasteiger charge is -2.13. The van der Waals surface area contributed by atoms with Gasteiger partial charge in [0.2, 0.25) is 0 Å². The lowest BCUT2D eigenvalue weighted by atomic mass is 10.2. The van der Waals surface area contributed by atoms with Crippen molar-refractivity contribution in [2.45, 2.75) is 42.6 Å². The van der Waals surface area contributed by atoms with Crippen LogP contribution in [0.15, 0.2) is 23.2 Å². The Labute approximate surface area is 101 Å². The van der Waals surface area contributed by atoms with E-state index in [0.717, 1.165) is 18.7 Å². The van der Waals surface area contributed by atoms with E-state index in [9.17, 15) is 0 Å². The van der Waals surface area contributed by atoms with Gasteiger partial charge in [0.25, 0.3) is 0 Å². The summed E-state index contributed by atoms with van der Waals surface area (Å²) in [5, 5.41) is 0.558. The van der Waals surface area contributed by atoms with E-state index >= 15 is 0 Å². The highest BCUT2D eigenvalue weighted by Crippen LogP contribution is 2.32. The molecule has 4 heteroatoms. The highest BCUT2D eigenvalue weighted by molar-refractivity contribution is 8.00. The van der Waals surface area contributed by atoms with Crippen molar-refractivity contribution in [1.82, 2.24) is 4.98 Å². The van der Waals surface area contributed by atoms with Crippen molar-refractivity contribution >= 4 is 11.8 Å². The van der Waals surface area contributed by atoms with E-state index in [4.69, 9.17) is 10.5 Å². The zero-order valence-electron chi connectivity index (χ0n) is 9.72. The van der Waals surface area contributed by atoms with Crippen molar-refractivity contribution in [2.24, 2.45) is 5.73 Å². The van der Waals surface area contributed by atoms with Gasteiger partial charge in [0.15, 0.2) is 0 Å². The van der Waals surface area contributed by atoms with Gasteiger partial charge in [0.05, 0.1) is 11.8 Å². The second-order valence-corrected chi connectivity index (χ2v) is 5.54. The molecule has 1 aliphatic rings. The molecular weight excluding hydrogens is 220 g/mol. The minimum atomic E-state index is 0.00721. The summed E-state index contributed by atoms with van der Waals surface area (Å²) in [6, 6.07) is 4.11. The molecule has 1 aromatic heterocycles. The zero-order chi connectivity index (χ0) is 11.5. The average Bonchev–Trinajstić information content (AvgIpc) is 2.65. The molecule has 2 N–H and O–H groups in total. The molecule has 0 amide bonds. The van der Waals surface area contributed by atoms with Crippen molar-refractivity contribution < 1.29 is 4.74 Å². The highest BCUT2D eigenvalue weighted by atomic mass is 32.2. The second kappa shape index (κ2) is 5.17. The van der Waals surface area contributed by atoms with Crippen LogP contribution in [0.25, 0.3) is 0 Å². The standard InChI is InChI=1S/C12H18N2OS/c1-8(13)11-4-3-10(7-14-11)16-12-5-6-15-9(12)2/h3-4,7-9,12H,5-6,13H2,1-2H3/t8-,9?,12?/m0/s1. The third-order valence-electron chi connectivity index (χ3n) is 2.82. The minimum absolute atomic E-state index is 0.00721. The number of hydrogen-bond acceptors (Lipinski definition) is 4. The molecule has 2 heterocycles. The molecule has 0 saturated carbocycles. The fourth-order valence-corrected chi connectivity index (χ4v) is 2.87. The van der Waals surface area contributed by atoms with Crippen LogP contribution in [-0.2, 0) is 4.74 Å². The number of aromatic nitrogens is 1. The fraction of sp³-hybridized carbons (Fsp3) is 0.583. The van der Waals surface area contributed by atoms with Gasteiger partial charge in [0, 0.05) is 29.0 Å². The van der Waals surface area contributed by atoms with Crippen molar-refractivity contribution in [3.05, 3.63) is 24.0 Å². The number of hydrogen-bond donors (Lipinski definition) is 1. The molecule has 16 heavy (non-hydrogen) atoms. The van der Waals surface area contributed by atoms with Gasteiger partial charge >= 0.3 is 0 Å². The Balaban J connectivity index is 1.99. The minimum Gasteiger partial charge on any atom is -0.377 e. The lowest BCUT2D eigenvalue weighted by molar-refractivity contribution is 0.127. The first-order chi connectivity index (χ1) is 7.66. The molecule has 0 aliphatic carbocycles. The van der Waals surface area contributed by atoms with E-state index < -0.39 is 0 Å². The van der Waals surface area contributed by atoms with E-state index in [2.05, 4.69) is 18.0 Å². The predicted octanol–water partition coefficient (Wildman–Crippen LogP) is 2.37. The molecule has 0 bridgehead atoms. The topological polar surface area (TPSA) is 48.1 Å². The highest BCUT2D eigenvalue weighted by Gasteiger charge is 2.25. The summed E-state index contributed by atoms with van der Waals surface area (Å²) >= 11 is 1.85. The number of nitrogens with zero attached hydrogens (tertiary/aromatic N) is 1. The molecule has 0 spiro atoms. The van der Waals surface area contributed by atoms with Crippen LogP contribution < -0.4 is 5.73 Å². The maximum Gasteiger partial charge on any atom is 0.0669 e. The molecule has 88 valence electrons. The Hall–Kier alpha value is -0.580. The van der Waals surface area contributed by atoms with E-state index in [1.807, 2.05) is 30.9 Å². The molecule has 1 aromatic rings. The molecule has 0 aromatic carbocycles. The van der Waals surface area contributed by atoms with Gasteiger partial charge in [-0.25, -0.2) is 0 Å². The van der Waals surface area contributed by atoms with Crippen LogP contribution in [0.5, 0.6) is 0 Å². The van der Waals surface area contributed by atoms with Crippen LogP contribution in [0, 0.1) is 0 Å². The van der Waals surface area contributed by atoms with Gasteiger partial charge in [-0.2, -0.15) is 0 Å². The summed E-state index contributed by atoms with van der Waals surface area (Å²) in [4.78, 5) is 5.56. The number of rotatable bonds is 3. The molecule has 3 atom stereocenters. The Kier molecular flexibility index (Phi) is 3.84. The van der Waals surface area contributed by atoms with Gasteiger partial charge in [-0.1, -0.05) is 0 Å². The summed E-state index contributed by atoms with van der Waals surface area (Å²) in [5.74, 6) is 0. The lowest BCUT2D eigenvalue weighted by Crippen LogP contribution is -2.13. The van der Waals surface area contributed by atoms with E-state index in [1.54, 1.807) is 0 Å². The Morgan fingerprint density at radius 1 is 1.56 bits per heavy atom. The SMILES string of the molecule is CC1OCCC1Sc1ccc([C@H](C)N)nc1.